The van der Waals surface area contributed by atoms with E-state index in [2.05, 4.69) is 5.32 Å². The largest absolute Gasteiger partial charge is 0.341 e. The topological polar surface area (TPSA) is 32.3 Å². The lowest BCUT2D eigenvalue weighted by Gasteiger charge is -2.38. The molecule has 0 radical (unpaired) electrons. The SMILES string of the molecule is CN(Cc1ccc(F)cc1)C(=O)C(C)(C)C1CCCNC1. The van der Waals surface area contributed by atoms with E-state index >= 15 is 0 Å². The Hall–Kier alpha value is -1.42. The van der Waals surface area contributed by atoms with Crippen LogP contribution in [-0.4, -0.2) is 30.9 Å². The molecule has 116 valence electrons. The second-order valence-corrected chi connectivity index (χ2v) is 6.55. The second-order valence-electron chi connectivity index (χ2n) is 6.55. The molecule has 4 heteroatoms. The fourth-order valence-corrected chi connectivity index (χ4v) is 3.07. The van der Waals surface area contributed by atoms with E-state index in [1.807, 2.05) is 20.9 Å². The maximum atomic E-state index is 12.9. The number of halogens is 1. The van der Waals surface area contributed by atoms with Crippen molar-refractivity contribution in [2.75, 3.05) is 20.1 Å². The fourth-order valence-electron chi connectivity index (χ4n) is 3.07. The van der Waals surface area contributed by atoms with Crippen molar-refractivity contribution in [1.82, 2.24) is 10.2 Å². The number of carbonyl (C=O) groups excluding carboxylic acids is 1. The third kappa shape index (κ3) is 3.82. The molecule has 0 bridgehead atoms. The number of rotatable bonds is 4. The molecular weight excluding hydrogens is 267 g/mol. The molecule has 0 saturated carbocycles. The van der Waals surface area contributed by atoms with Gasteiger partial charge < -0.3 is 10.2 Å². The van der Waals surface area contributed by atoms with Crippen molar-refractivity contribution >= 4 is 5.91 Å². The first-order valence-electron chi connectivity index (χ1n) is 7.62. The third-order valence-corrected chi connectivity index (χ3v) is 4.55. The van der Waals surface area contributed by atoms with E-state index in [9.17, 15) is 9.18 Å². The molecule has 1 fully saturated rings. The molecule has 0 aliphatic carbocycles. The number of nitrogens with one attached hydrogen (secondary N) is 1. The number of benzene rings is 1. The molecule has 0 aromatic heterocycles. The van der Waals surface area contributed by atoms with Crippen LogP contribution in [0.15, 0.2) is 24.3 Å². The Balaban J connectivity index is 2.01. The van der Waals surface area contributed by atoms with E-state index in [-0.39, 0.29) is 17.1 Å². The van der Waals surface area contributed by atoms with Crippen LogP contribution in [0.25, 0.3) is 0 Å². The van der Waals surface area contributed by atoms with Crippen LogP contribution in [0.2, 0.25) is 0 Å². The summed E-state index contributed by atoms with van der Waals surface area (Å²) in [5.74, 6) is 0.274. The van der Waals surface area contributed by atoms with E-state index in [1.165, 1.54) is 12.1 Å². The highest BCUT2D eigenvalue weighted by molar-refractivity contribution is 5.82. The van der Waals surface area contributed by atoms with Crippen LogP contribution < -0.4 is 5.32 Å². The minimum Gasteiger partial charge on any atom is -0.341 e. The summed E-state index contributed by atoms with van der Waals surface area (Å²) >= 11 is 0. The number of nitrogens with zero attached hydrogens (tertiary/aromatic N) is 1. The number of carbonyl (C=O) groups is 1. The molecule has 0 spiro atoms. The number of hydrogen-bond donors (Lipinski definition) is 1. The lowest BCUT2D eigenvalue weighted by molar-refractivity contribution is -0.143. The van der Waals surface area contributed by atoms with Gasteiger partial charge in [-0.2, -0.15) is 0 Å². The molecule has 1 aromatic rings. The van der Waals surface area contributed by atoms with Gasteiger partial charge in [0.2, 0.25) is 5.91 Å². The molecule has 1 unspecified atom stereocenters. The summed E-state index contributed by atoms with van der Waals surface area (Å²) in [4.78, 5) is 14.5. The zero-order valence-corrected chi connectivity index (χ0v) is 13.2. The summed E-state index contributed by atoms with van der Waals surface area (Å²) in [6, 6.07) is 6.33. The first-order valence-corrected chi connectivity index (χ1v) is 7.62. The Labute approximate surface area is 126 Å². The maximum absolute atomic E-state index is 12.9. The van der Waals surface area contributed by atoms with E-state index in [4.69, 9.17) is 0 Å². The van der Waals surface area contributed by atoms with E-state index < -0.39 is 0 Å². The average Bonchev–Trinajstić information content (AvgIpc) is 2.49. The third-order valence-electron chi connectivity index (χ3n) is 4.55. The summed E-state index contributed by atoms with van der Waals surface area (Å²) < 4.78 is 12.9. The number of piperidine rings is 1. The molecule has 1 atom stereocenters. The van der Waals surface area contributed by atoms with Crippen LogP contribution >= 0.6 is 0 Å². The Morgan fingerprint density at radius 3 is 2.62 bits per heavy atom. The van der Waals surface area contributed by atoms with Gasteiger partial charge in [0.1, 0.15) is 5.82 Å². The van der Waals surface area contributed by atoms with Crippen molar-refractivity contribution in [2.45, 2.75) is 33.2 Å². The van der Waals surface area contributed by atoms with Crippen LogP contribution in [0.5, 0.6) is 0 Å². The standard InChI is InChI=1S/C17H25FN2O/c1-17(2,14-5-4-10-19-11-14)16(21)20(3)12-13-6-8-15(18)9-7-13/h6-9,14,19H,4-5,10-12H2,1-3H3. The van der Waals surface area contributed by atoms with E-state index in [0.717, 1.165) is 31.5 Å². The van der Waals surface area contributed by atoms with Crippen LogP contribution in [0.1, 0.15) is 32.3 Å². The van der Waals surface area contributed by atoms with Crippen molar-refractivity contribution in [3.05, 3.63) is 35.6 Å². The van der Waals surface area contributed by atoms with Gasteiger partial charge in [0.15, 0.2) is 0 Å². The van der Waals surface area contributed by atoms with Crippen LogP contribution in [0, 0.1) is 17.2 Å². The molecule has 1 aromatic carbocycles. The van der Waals surface area contributed by atoms with Gasteiger partial charge in [-0.05, 0) is 49.5 Å². The smallest absolute Gasteiger partial charge is 0.228 e. The average molecular weight is 292 g/mol. The van der Waals surface area contributed by atoms with Crippen molar-refractivity contribution < 1.29 is 9.18 Å². The quantitative estimate of drug-likeness (QED) is 0.925. The summed E-state index contributed by atoms with van der Waals surface area (Å²) in [5, 5.41) is 3.38. The normalized spacial score (nSPS) is 19.3. The highest BCUT2D eigenvalue weighted by atomic mass is 19.1. The summed E-state index contributed by atoms with van der Waals surface area (Å²) in [7, 11) is 1.82. The van der Waals surface area contributed by atoms with Gasteiger partial charge in [-0.25, -0.2) is 4.39 Å². The van der Waals surface area contributed by atoms with E-state index in [1.54, 1.807) is 17.0 Å². The highest BCUT2D eigenvalue weighted by Gasteiger charge is 2.38. The monoisotopic (exact) mass is 292 g/mol. The Morgan fingerprint density at radius 1 is 1.38 bits per heavy atom. The zero-order chi connectivity index (χ0) is 15.5. The van der Waals surface area contributed by atoms with Gasteiger partial charge in [-0.15, -0.1) is 0 Å². The fraction of sp³-hybridized carbons (Fsp3) is 0.588. The van der Waals surface area contributed by atoms with Gasteiger partial charge in [0, 0.05) is 19.0 Å². The number of amides is 1. The molecule has 1 N–H and O–H groups in total. The molecule has 2 rings (SSSR count). The molecule has 1 aliphatic rings. The minimum absolute atomic E-state index is 0.153. The van der Waals surface area contributed by atoms with Crippen LogP contribution in [-0.2, 0) is 11.3 Å². The number of hydrogen-bond acceptors (Lipinski definition) is 2. The Kier molecular flexibility index (Phi) is 4.99. The van der Waals surface area contributed by atoms with Gasteiger partial charge >= 0.3 is 0 Å². The summed E-state index contributed by atoms with van der Waals surface area (Å²) in [6.07, 6.45) is 2.22. The van der Waals surface area contributed by atoms with Crippen molar-refractivity contribution in [1.29, 1.82) is 0 Å². The van der Waals surface area contributed by atoms with Crippen molar-refractivity contribution in [3.8, 4) is 0 Å². The Bertz CT molecular complexity index is 478. The van der Waals surface area contributed by atoms with Gasteiger partial charge in [0.05, 0.1) is 0 Å². The molecule has 3 nitrogen and oxygen atoms in total. The van der Waals surface area contributed by atoms with E-state index in [0.29, 0.717) is 12.5 Å². The first-order chi connectivity index (χ1) is 9.91. The second kappa shape index (κ2) is 6.56. The predicted octanol–water partition coefficient (Wildman–Crippen LogP) is 2.81. The predicted molar refractivity (Wildman–Crippen MR) is 82.2 cm³/mol. The van der Waals surface area contributed by atoms with Crippen molar-refractivity contribution in [2.24, 2.45) is 11.3 Å². The van der Waals surface area contributed by atoms with Gasteiger partial charge in [-0.1, -0.05) is 26.0 Å². The van der Waals surface area contributed by atoms with Crippen LogP contribution in [0.3, 0.4) is 0 Å². The van der Waals surface area contributed by atoms with Gasteiger partial charge in [-0.3, -0.25) is 4.79 Å². The molecule has 1 amide bonds. The lowest BCUT2D eigenvalue weighted by Crippen LogP contribution is -2.47. The molecule has 21 heavy (non-hydrogen) atoms. The molecule has 1 saturated heterocycles. The van der Waals surface area contributed by atoms with Crippen molar-refractivity contribution in [3.63, 3.8) is 0 Å². The highest BCUT2D eigenvalue weighted by Crippen LogP contribution is 2.33. The summed E-state index contributed by atoms with van der Waals surface area (Å²) in [6.45, 7) is 6.54. The maximum Gasteiger partial charge on any atom is 0.228 e. The Morgan fingerprint density at radius 2 is 2.05 bits per heavy atom. The van der Waals surface area contributed by atoms with Gasteiger partial charge in [0.25, 0.3) is 0 Å². The van der Waals surface area contributed by atoms with Crippen LogP contribution in [0.4, 0.5) is 4.39 Å². The molecular formula is C17H25FN2O. The first kappa shape index (κ1) is 16.0. The zero-order valence-electron chi connectivity index (χ0n) is 13.2. The lowest BCUT2D eigenvalue weighted by atomic mass is 9.74. The minimum atomic E-state index is -0.373. The molecule has 1 heterocycles. The summed E-state index contributed by atoms with van der Waals surface area (Å²) in [5.41, 5.74) is 0.576. The molecule has 1 aliphatic heterocycles.